The molecule has 1 fully saturated rings. The number of likely N-dealkylation sites (tertiary alicyclic amines) is 1. The van der Waals surface area contributed by atoms with E-state index < -0.39 is 0 Å². The van der Waals surface area contributed by atoms with E-state index in [-0.39, 0.29) is 18.0 Å². The second-order valence-corrected chi connectivity index (χ2v) is 6.14. The summed E-state index contributed by atoms with van der Waals surface area (Å²) in [7, 11) is 1.52. The number of para-hydroxylation sites is 1. The number of fused-ring (bicyclic) bond motifs is 1. The Morgan fingerprint density at radius 1 is 1.23 bits per heavy atom. The molecule has 1 amide bonds. The van der Waals surface area contributed by atoms with Gasteiger partial charge in [-0.15, -0.1) is 0 Å². The number of benzene rings is 1. The van der Waals surface area contributed by atoms with E-state index in [1.807, 2.05) is 24.3 Å². The molecule has 0 radical (unpaired) electrons. The van der Waals surface area contributed by atoms with Gasteiger partial charge in [-0.25, -0.2) is 4.98 Å². The fourth-order valence-electron chi connectivity index (χ4n) is 3.08. The van der Waals surface area contributed by atoms with Gasteiger partial charge in [0.15, 0.2) is 5.76 Å². The molecule has 2 aromatic heterocycles. The van der Waals surface area contributed by atoms with Gasteiger partial charge < -0.3 is 18.8 Å². The van der Waals surface area contributed by atoms with Crippen molar-refractivity contribution in [2.75, 3.05) is 20.2 Å². The number of ether oxygens (including phenoxy) is 2. The van der Waals surface area contributed by atoms with Crippen LogP contribution in [-0.2, 0) is 0 Å². The number of amides is 1. The quantitative estimate of drug-likeness (QED) is 0.718. The molecule has 1 aliphatic rings. The SMILES string of the molecule is COc1nccc(OC2CCN(C(=O)c3cc4ccccc4o3)CC2)n1. The Bertz CT molecular complexity index is 883. The maximum absolute atomic E-state index is 12.7. The molecule has 7 nitrogen and oxygen atoms in total. The first-order valence-corrected chi connectivity index (χ1v) is 8.54. The second-order valence-electron chi connectivity index (χ2n) is 6.14. The minimum Gasteiger partial charge on any atom is -0.474 e. The van der Waals surface area contributed by atoms with Crippen LogP contribution in [0, 0.1) is 0 Å². The van der Waals surface area contributed by atoms with Crippen LogP contribution in [0.25, 0.3) is 11.0 Å². The summed E-state index contributed by atoms with van der Waals surface area (Å²) < 4.78 is 16.6. The van der Waals surface area contributed by atoms with Crippen molar-refractivity contribution in [2.24, 2.45) is 0 Å². The Morgan fingerprint density at radius 3 is 2.81 bits per heavy atom. The Hall–Kier alpha value is -3.09. The highest BCUT2D eigenvalue weighted by atomic mass is 16.5. The Morgan fingerprint density at radius 2 is 2.04 bits per heavy atom. The summed E-state index contributed by atoms with van der Waals surface area (Å²) in [6.07, 6.45) is 3.08. The van der Waals surface area contributed by atoms with Gasteiger partial charge in [-0.3, -0.25) is 4.79 Å². The molecule has 3 heterocycles. The highest BCUT2D eigenvalue weighted by Crippen LogP contribution is 2.23. The van der Waals surface area contributed by atoms with Gasteiger partial charge in [-0.2, -0.15) is 4.98 Å². The van der Waals surface area contributed by atoms with E-state index in [4.69, 9.17) is 13.9 Å². The monoisotopic (exact) mass is 353 g/mol. The molecule has 1 aliphatic heterocycles. The van der Waals surface area contributed by atoms with Crippen LogP contribution >= 0.6 is 0 Å². The van der Waals surface area contributed by atoms with Crippen molar-refractivity contribution in [3.63, 3.8) is 0 Å². The molecule has 134 valence electrons. The topological polar surface area (TPSA) is 77.7 Å². The molecule has 0 spiro atoms. The van der Waals surface area contributed by atoms with Crippen LogP contribution in [0.5, 0.6) is 11.9 Å². The third-order valence-corrected chi connectivity index (χ3v) is 4.44. The van der Waals surface area contributed by atoms with Gasteiger partial charge in [-0.1, -0.05) is 18.2 Å². The van der Waals surface area contributed by atoms with E-state index in [0.29, 0.717) is 24.7 Å². The van der Waals surface area contributed by atoms with Crippen molar-refractivity contribution in [1.29, 1.82) is 0 Å². The summed E-state index contributed by atoms with van der Waals surface area (Å²) in [5.41, 5.74) is 0.728. The standard InChI is InChI=1S/C19H19N3O4/c1-24-19-20-9-6-17(21-19)25-14-7-10-22(11-8-14)18(23)16-12-13-4-2-3-5-15(13)26-16/h2-6,9,12,14H,7-8,10-11H2,1H3. The zero-order valence-electron chi connectivity index (χ0n) is 14.4. The number of carbonyl (C=O) groups is 1. The lowest BCUT2D eigenvalue weighted by atomic mass is 10.1. The molecule has 4 rings (SSSR count). The predicted molar refractivity (Wildman–Crippen MR) is 94.4 cm³/mol. The number of hydrogen-bond donors (Lipinski definition) is 0. The molecule has 0 atom stereocenters. The zero-order valence-corrected chi connectivity index (χ0v) is 14.4. The normalized spacial score (nSPS) is 15.2. The Balaban J connectivity index is 1.37. The molecule has 1 aromatic carbocycles. The van der Waals surface area contributed by atoms with Gasteiger partial charge in [0.25, 0.3) is 5.91 Å². The fraction of sp³-hybridized carbons (Fsp3) is 0.316. The highest BCUT2D eigenvalue weighted by molar-refractivity contribution is 5.96. The lowest BCUT2D eigenvalue weighted by Gasteiger charge is -2.31. The molecule has 0 bridgehead atoms. The summed E-state index contributed by atoms with van der Waals surface area (Å²) >= 11 is 0. The number of hydrogen-bond acceptors (Lipinski definition) is 6. The van der Waals surface area contributed by atoms with Gasteiger partial charge in [0.2, 0.25) is 5.88 Å². The van der Waals surface area contributed by atoms with Crippen LogP contribution in [0.3, 0.4) is 0 Å². The van der Waals surface area contributed by atoms with Crippen molar-refractivity contribution in [3.05, 3.63) is 48.4 Å². The molecule has 26 heavy (non-hydrogen) atoms. The van der Waals surface area contributed by atoms with Crippen LogP contribution < -0.4 is 9.47 Å². The van der Waals surface area contributed by atoms with Crippen molar-refractivity contribution >= 4 is 16.9 Å². The molecule has 1 saturated heterocycles. The number of nitrogens with zero attached hydrogens (tertiary/aromatic N) is 3. The van der Waals surface area contributed by atoms with E-state index in [1.165, 1.54) is 7.11 Å². The third-order valence-electron chi connectivity index (χ3n) is 4.44. The van der Waals surface area contributed by atoms with Gasteiger partial charge in [0.1, 0.15) is 11.7 Å². The Labute approximate surface area is 150 Å². The summed E-state index contributed by atoms with van der Waals surface area (Å²) in [4.78, 5) is 22.6. The van der Waals surface area contributed by atoms with Crippen LogP contribution in [0.2, 0.25) is 0 Å². The lowest BCUT2D eigenvalue weighted by Crippen LogP contribution is -2.41. The molecule has 0 unspecified atom stereocenters. The molecule has 7 heteroatoms. The largest absolute Gasteiger partial charge is 0.474 e. The maximum Gasteiger partial charge on any atom is 0.319 e. The van der Waals surface area contributed by atoms with Crippen molar-refractivity contribution < 1.29 is 18.7 Å². The van der Waals surface area contributed by atoms with Crippen LogP contribution in [0.4, 0.5) is 0 Å². The number of furan rings is 1. The van der Waals surface area contributed by atoms with E-state index in [0.717, 1.165) is 23.8 Å². The first kappa shape index (κ1) is 16.4. The first-order valence-electron chi connectivity index (χ1n) is 8.54. The maximum atomic E-state index is 12.7. The van der Waals surface area contributed by atoms with E-state index in [9.17, 15) is 4.79 Å². The summed E-state index contributed by atoms with van der Waals surface area (Å²) in [6, 6.07) is 11.4. The number of piperidine rings is 1. The molecule has 0 saturated carbocycles. The zero-order chi connectivity index (χ0) is 17.9. The number of rotatable bonds is 4. The smallest absolute Gasteiger partial charge is 0.319 e. The minimum atomic E-state index is -0.0802. The van der Waals surface area contributed by atoms with Gasteiger partial charge >= 0.3 is 6.01 Å². The van der Waals surface area contributed by atoms with Gasteiger partial charge in [0.05, 0.1) is 7.11 Å². The van der Waals surface area contributed by atoms with Crippen LogP contribution in [0.15, 0.2) is 47.0 Å². The van der Waals surface area contributed by atoms with Crippen LogP contribution in [-0.4, -0.2) is 47.1 Å². The van der Waals surface area contributed by atoms with Crippen LogP contribution in [0.1, 0.15) is 23.4 Å². The van der Waals surface area contributed by atoms with Gasteiger partial charge in [0, 0.05) is 43.6 Å². The van der Waals surface area contributed by atoms with Crippen molar-refractivity contribution in [2.45, 2.75) is 18.9 Å². The highest BCUT2D eigenvalue weighted by Gasteiger charge is 2.27. The van der Waals surface area contributed by atoms with Gasteiger partial charge in [-0.05, 0) is 12.1 Å². The Kier molecular flexibility index (Phi) is 4.43. The average Bonchev–Trinajstić information content (AvgIpc) is 3.12. The number of methoxy groups -OCH3 is 1. The van der Waals surface area contributed by atoms with Crippen molar-refractivity contribution in [1.82, 2.24) is 14.9 Å². The molecule has 0 aliphatic carbocycles. The second kappa shape index (κ2) is 7.03. The minimum absolute atomic E-state index is 0.00864. The summed E-state index contributed by atoms with van der Waals surface area (Å²) in [5, 5.41) is 0.937. The lowest BCUT2D eigenvalue weighted by molar-refractivity contribution is 0.0560. The average molecular weight is 353 g/mol. The van der Waals surface area contributed by atoms with E-state index in [1.54, 1.807) is 23.2 Å². The number of carbonyl (C=O) groups excluding carboxylic acids is 1. The summed E-state index contributed by atoms with van der Waals surface area (Å²) in [5.74, 6) is 0.786. The molecular weight excluding hydrogens is 334 g/mol. The first-order chi connectivity index (χ1) is 12.7. The molecule has 0 N–H and O–H groups in total. The number of aromatic nitrogens is 2. The predicted octanol–water partition coefficient (Wildman–Crippen LogP) is 2.92. The third kappa shape index (κ3) is 3.33. The molecular formula is C19H19N3O4. The van der Waals surface area contributed by atoms with E-state index >= 15 is 0 Å². The van der Waals surface area contributed by atoms with Crippen molar-refractivity contribution in [3.8, 4) is 11.9 Å². The van der Waals surface area contributed by atoms with E-state index in [2.05, 4.69) is 9.97 Å². The summed E-state index contributed by atoms with van der Waals surface area (Å²) in [6.45, 7) is 1.23. The molecule has 3 aromatic rings. The fourth-order valence-corrected chi connectivity index (χ4v) is 3.08.